The number of nitrogens with one attached hydrogen (secondary N) is 1. The predicted molar refractivity (Wildman–Crippen MR) is 94.2 cm³/mol. The van der Waals surface area contributed by atoms with Crippen LogP contribution in [0.4, 0.5) is 4.79 Å². The Balaban J connectivity index is 1.59. The molecule has 2 atom stereocenters. The molecule has 0 spiro atoms. The first kappa shape index (κ1) is 17.0. The van der Waals surface area contributed by atoms with Crippen LogP contribution in [0, 0.1) is 0 Å². The van der Waals surface area contributed by atoms with Gasteiger partial charge in [-0.2, -0.15) is 5.10 Å². The van der Waals surface area contributed by atoms with E-state index in [1.807, 2.05) is 31.1 Å². The molecule has 1 saturated heterocycles. The van der Waals surface area contributed by atoms with Crippen molar-refractivity contribution in [3.05, 3.63) is 40.3 Å². The van der Waals surface area contributed by atoms with E-state index >= 15 is 0 Å². The van der Waals surface area contributed by atoms with Crippen molar-refractivity contribution in [2.24, 2.45) is 7.05 Å². The molecule has 6 nitrogen and oxygen atoms in total. The summed E-state index contributed by atoms with van der Waals surface area (Å²) in [5.74, 6) is 0.319. The van der Waals surface area contributed by atoms with Crippen LogP contribution in [0.2, 0.25) is 0 Å². The van der Waals surface area contributed by atoms with E-state index in [0.717, 1.165) is 5.56 Å². The first-order valence-corrected chi connectivity index (χ1v) is 9.05. The molecular formula is C17H24N4O2S. The second kappa shape index (κ2) is 6.94. The highest BCUT2D eigenvalue weighted by Crippen LogP contribution is 2.29. The van der Waals surface area contributed by atoms with Gasteiger partial charge in [0.1, 0.15) is 5.60 Å². The van der Waals surface area contributed by atoms with Crippen molar-refractivity contribution in [2.45, 2.75) is 25.4 Å². The molecule has 0 radical (unpaired) electrons. The van der Waals surface area contributed by atoms with Gasteiger partial charge in [-0.15, -0.1) is 11.3 Å². The first-order valence-electron chi connectivity index (χ1n) is 8.17. The lowest BCUT2D eigenvalue weighted by Gasteiger charge is -2.40. The summed E-state index contributed by atoms with van der Waals surface area (Å²) in [4.78, 5) is 15.7. The van der Waals surface area contributed by atoms with E-state index in [-0.39, 0.29) is 6.03 Å². The lowest BCUT2D eigenvalue weighted by molar-refractivity contribution is -0.0906. The van der Waals surface area contributed by atoms with Crippen LogP contribution < -0.4 is 5.32 Å². The summed E-state index contributed by atoms with van der Waals surface area (Å²) in [7, 11) is 1.88. The molecule has 1 fully saturated rings. The minimum absolute atomic E-state index is 0.0307. The fourth-order valence-corrected chi connectivity index (χ4v) is 3.72. The van der Waals surface area contributed by atoms with Gasteiger partial charge in [-0.05, 0) is 18.4 Å². The van der Waals surface area contributed by atoms with E-state index in [9.17, 15) is 4.79 Å². The van der Waals surface area contributed by atoms with Crippen LogP contribution in [0.25, 0.3) is 0 Å². The van der Waals surface area contributed by atoms with Gasteiger partial charge in [-0.3, -0.25) is 4.68 Å². The number of hydrogen-bond acceptors (Lipinski definition) is 4. The molecule has 0 aliphatic carbocycles. The van der Waals surface area contributed by atoms with Crippen molar-refractivity contribution in [1.29, 1.82) is 0 Å². The number of ether oxygens (including phenoxy) is 1. The Labute approximate surface area is 146 Å². The zero-order valence-corrected chi connectivity index (χ0v) is 15.2. The van der Waals surface area contributed by atoms with Crippen molar-refractivity contribution in [3.8, 4) is 0 Å². The van der Waals surface area contributed by atoms with Gasteiger partial charge >= 0.3 is 6.03 Å². The van der Waals surface area contributed by atoms with E-state index < -0.39 is 5.60 Å². The lowest BCUT2D eigenvalue weighted by atomic mass is 9.97. The number of urea groups is 1. The zero-order valence-electron chi connectivity index (χ0n) is 14.4. The summed E-state index contributed by atoms with van der Waals surface area (Å²) in [6, 6.07) is 4.12. The molecule has 3 rings (SSSR count). The minimum Gasteiger partial charge on any atom is -0.367 e. The lowest BCUT2D eigenvalue weighted by Crippen LogP contribution is -2.53. The Morgan fingerprint density at radius 1 is 1.58 bits per heavy atom. The number of aromatic nitrogens is 2. The van der Waals surface area contributed by atoms with Crippen LogP contribution in [-0.4, -0.2) is 47.0 Å². The maximum atomic E-state index is 12.5. The molecule has 1 aliphatic heterocycles. The number of carbonyl (C=O) groups is 1. The number of hydrogen-bond donors (Lipinski definition) is 1. The smallest absolute Gasteiger partial charge is 0.317 e. The summed E-state index contributed by atoms with van der Waals surface area (Å²) in [5.41, 5.74) is 0.484. The van der Waals surface area contributed by atoms with Crippen LogP contribution in [0.5, 0.6) is 0 Å². The predicted octanol–water partition coefficient (Wildman–Crippen LogP) is 2.54. The Morgan fingerprint density at radius 3 is 3.08 bits per heavy atom. The molecule has 2 amide bonds. The van der Waals surface area contributed by atoms with Gasteiger partial charge in [-0.1, -0.05) is 13.0 Å². The second-order valence-corrected chi connectivity index (χ2v) is 7.49. The van der Waals surface area contributed by atoms with E-state index in [1.54, 1.807) is 22.2 Å². The Hall–Kier alpha value is -1.86. The monoisotopic (exact) mass is 348 g/mol. The maximum absolute atomic E-state index is 12.5. The molecule has 1 aliphatic rings. The molecule has 0 saturated carbocycles. The van der Waals surface area contributed by atoms with Gasteiger partial charge in [0, 0.05) is 42.7 Å². The van der Waals surface area contributed by atoms with Crippen molar-refractivity contribution >= 4 is 17.4 Å². The van der Waals surface area contributed by atoms with E-state index in [4.69, 9.17) is 4.74 Å². The third-order valence-electron chi connectivity index (χ3n) is 4.47. The highest BCUT2D eigenvalue weighted by atomic mass is 32.1. The zero-order chi connectivity index (χ0) is 17.2. The number of thiophene rings is 1. The second-order valence-electron chi connectivity index (χ2n) is 6.51. The summed E-state index contributed by atoms with van der Waals surface area (Å²) >= 11 is 1.72. The first-order chi connectivity index (χ1) is 11.5. The Morgan fingerprint density at radius 2 is 2.42 bits per heavy atom. The summed E-state index contributed by atoms with van der Waals surface area (Å²) in [6.07, 6.45) is 3.75. The molecule has 2 aromatic rings. The van der Waals surface area contributed by atoms with Crippen LogP contribution in [0.15, 0.2) is 29.9 Å². The number of rotatable bonds is 4. The van der Waals surface area contributed by atoms with Crippen molar-refractivity contribution in [1.82, 2.24) is 20.0 Å². The molecular weight excluding hydrogens is 324 g/mol. The average molecular weight is 348 g/mol. The van der Waals surface area contributed by atoms with Gasteiger partial charge < -0.3 is 15.0 Å². The fourth-order valence-electron chi connectivity index (χ4n) is 2.94. The molecule has 7 heteroatoms. The molecule has 1 N–H and O–H groups in total. The Bertz CT molecular complexity index is 685. The van der Waals surface area contributed by atoms with E-state index in [0.29, 0.717) is 32.2 Å². The van der Waals surface area contributed by atoms with Gasteiger partial charge in [-0.25, -0.2) is 4.79 Å². The van der Waals surface area contributed by atoms with Gasteiger partial charge in [0.05, 0.1) is 19.3 Å². The van der Waals surface area contributed by atoms with Crippen LogP contribution >= 0.6 is 11.3 Å². The minimum atomic E-state index is -0.511. The third-order valence-corrected chi connectivity index (χ3v) is 5.57. The third kappa shape index (κ3) is 3.62. The van der Waals surface area contributed by atoms with Crippen LogP contribution in [0.3, 0.4) is 0 Å². The molecule has 24 heavy (non-hydrogen) atoms. The van der Waals surface area contributed by atoms with Crippen molar-refractivity contribution < 1.29 is 9.53 Å². The highest BCUT2D eigenvalue weighted by molar-refractivity contribution is 7.10. The fraction of sp³-hybridized carbons (Fsp3) is 0.529. The topological polar surface area (TPSA) is 59.4 Å². The molecule has 0 unspecified atom stereocenters. The molecule has 0 aromatic carbocycles. The number of nitrogens with zero attached hydrogens (tertiary/aromatic N) is 3. The number of carbonyl (C=O) groups excluding carboxylic acids is 1. The number of morpholine rings is 1. The van der Waals surface area contributed by atoms with Crippen molar-refractivity contribution in [2.75, 3.05) is 26.2 Å². The SMILES string of the molecule is C[C@H](CNC(=O)N1CCO[C@](C)(c2cnn(C)c2)C1)c1cccs1. The molecule has 130 valence electrons. The molecule has 2 aromatic heterocycles. The molecule has 3 heterocycles. The van der Waals surface area contributed by atoms with Gasteiger partial charge in [0.2, 0.25) is 0 Å². The summed E-state index contributed by atoms with van der Waals surface area (Å²) in [6.45, 7) is 6.44. The summed E-state index contributed by atoms with van der Waals surface area (Å²) in [5, 5.41) is 9.33. The van der Waals surface area contributed by atoms with Gasteiger partial charge in [0.15, 0.2) is 0 Å². The average Bonchev–Trinajstić information content (AvgIpc) is 3.24. The largest absolute Gasteiger partial charge is 0.367 e. The quantitative estimate of drug-likeness (QED) is 0.924. The Kier molecular flexibility index (Phi) is 4.91. The number of aryl methyl sites for hydroxylation is 1. The summed E-state index contributed by atoms with van der Waals surface area (Å²) < 4.78 is 7.71. The van der Waals surface area contributed by atoms with Gasteiger partial charge in [0.25, 0.3) is 0 Å². The van der Waals surface area contributed by atoms with Crippen LogP contribution in [-0.2, 0) is 17.4 Å². The maximum Gasteiger partial charge on any atom is 0.317 e. The van der Waals surface area contributed by atoms with Crippen molar-refractivity contribution in [3.63, 3.8) is 0 Å². The van der Waals surface area contributed by atoms with E-state index in [2.05, 4.69) is 28.8 Å². The number of amides is 2. The van der Waals surface area contributed by atoms with E-state index in [1.165, 1.54) is 4.88 Å². The normalized spacial score (nSPS) is 22.4. The highest BCUT2D eigenvalue weighted by Gasteiger charge is 2.36. The standard InChI is InChI=1S/C17H24N4O2S/c1-13(15-5-4-8-24-15)9-18-16(22)21-6-7-23-17(2,12-21)14-10-19-20(3)11-14/h4-5,8,10-11,13H,6-7,9,12H2,1-3H3,(H,18,22)/t13-,17+/m1/s1. The van der Waals surface area contributed by atoms with Crippen LogP contribution in [0.1, 0.15) is 30.2 Å². The molecule has 0 bridgehead atoms.